The van der Waals surface area contributed by atoms with Gasteiger partial charge in [0.05, 0.1) is 6.10 Å². The summed E-state index contributed by atoms with van der Waals surface area (Å²) in [6.45, 7) is 0.757. The molecule has 0 bridgehead atoms. The lowest BCUT2D eigenvalue weighted by Crippen LogP contribution is -2.68. The molecule has 1 aromatic heterocycles. The van der Waals surface area contributed by atoms with E-state index in [-0.39, 0.29) is 0 Å². The lowest BCUT2D eigenvalue weighted by Gasteiger charge is -2.60. The normalized spacial score (nSPS) is 27.9. The Kier molecular flexibility index (Phi) is 3.98. The molecule has 2 aliphatic rings. The van der Waals surface area contributed by atoms with Gasteiger partial charge in [0, 0.05) is 36.4 Å². The molecule has 2 aliphatic carbocycles. The summed E-state index contributed by atoms with van der Waals surface area (Å²) in [5.74, 6) is 0.590. The molecule has 20 heavy (non-hydrogen) atoms. The third-order valence-corrected chi connectivity index (χ3v) is 5.83. The quantitative estimate of drug-likeness (QED) is 0.646. The fourth-order valence-corrected chi connectivity index (χ4v) is 4.20. The van der Waals surface area contributed by atoms with Crippen molar-refractivity contribution in [3.05, 3.63) is 22.4 Å². The number of rotatable bonds is 5. The van der Waals surface area contributed by atoms with Gasteiger partial charge in [-0.25, -0.2) is 0 Å². The smallest absolute Gasteiger partial charge is 0.188 e. The molecule has 0 radical (unpaired) electrons. The number of methoxy groups -OCH3 is 1. The topological polar surface area (TPSA) is 59.6 Å². The summed E-state index contributed by atoms with van der Waals surface area (Å²) in [7, 11) is 1.82. The average molecular weight is 293 g/mol. The first-order chi connectivity index (χ1) is 9.74. The minimum absolute atomic E-state index is 0.336. The second-order valence-electron chi connectivity index (χ2n) is 5.84. The predicted octanol–water partition coefficient (Wildman–Crippen LogP) is 2.15. The van der Waals surface area contributed by atoms with Crippen LogP contribution >= 0.6 is 11.3 Å². The highest BCUT2D eigenvalue weighted by atomic mass is 32.1. The maximum Gasteiger partial charge on any atom is 0.188 e. The Labute approximate surface area is 124 Å². The van der Waals surface area contributed by atoms with E-state index in [4.69, 9.17) is 10.5 Å². The Hall–Kier alpha value is -1.07. The molecule has 5 heteroatoms. The molecule has 0 amide bonds. The van der Waals surface area contributed by atoms with Crippen molar-refractivity contribution in [2.24, 2.45) is 16.1 Å². The average Bonchev–Trinajstić information content (AvgIpc) is 2.85. The van der Waals surface area contributed by atoms with Crippen molar-refractivity contribution in [2.75, 3.05) is 13.7 Å². The van der Waals surface area contributed by atoms with Crippen molar-refractivity contribution >= 4 is 17.3 Å². The number of nitrogens with one attached hydrogen (secondary N) is 1. The van der Waals surface area contributed by atoms with E-state index in [1.165, 1.54) is 24.1 Å². The van der Waals surface area contributed by atoms with E-state index in [0.717, 1.165) is 19.4 Å². The minimum Gasteiger partial charge on any atom is -0.381 e. The summed E-state index contributed by atoms with van der Waals surface area (Å²) >= 11 is 1.77. The van der Waals surface area contributed by atoms with E-state index in [1.807, 2.05) is 7.11 Å². The molecular formula is C15H23N3OS. The van der Waals surface area contributed by atoms with Crippen LogP contribution in [-0.2, 0) is 11.2 Å². The van der Waals surface area contributed by atoms with E-state index in [0.29, 0.717) is 23.5 Å². The van der Waals surface area contributed by atoms with Gasteiger partial charge in [-0.1, -0.05) is 12.5 Å². The van der Waals surface area contributed by atoms with Crippen LogP contribution in [0.25, 0.3) is 0 Å². The van der Waals surface area contributed by atoms with Crippen molar-refractivity contribution in [2.45, 2.75) is 44.2 Å². The Balaban J connectivity index is 1.48. The number of nitrogens with two attached hydrogens (primary N) is 1. The van der Waals surface area contributed by atoms with E-state index in [2.05, 4.69) is 27.8 Å². The molecular weight excluding hydrogens is 270 g/mol. The Bertz CT molecular complexity index is 467. The molecule has 110 valence electrons. The minimum atomic E-state index is 0.336. The van der Waals surface area contributed by atoms with Gasteiger partial charge in [0.25, 0.3) is 0 Å². The number of hydrogen-bond acceptors (Lipinski definition) is 3. The summed E-state index contributed by atoms with van der Waals surface area (Å²) in [6, 6.07) is 4.67. The van der Waals surface area contributed by atoms with Gasteiger partial charge in [-0.3, -0.25) is 4.99 Å². The number of thiophene rings is 1. The van der Waals surface area contributed by atoms with E-state index >= 15 is 0 Å². The number of aliphatic imine (C=N–C) groups is 1. The van der Waals surface area contributed by atoms with Crippen LogP contribution in [0.1, 0.15) is 30.6 Å². The molecule has 2 atom stereocenters. The molecule has 0 aliphatic heterocycles. The van der Waals surface area contributed by atoms with Gasteiger partial charge in [-0.05, 0) is 30.7 Å². The lowest BCUT2D eigenvalue weighted by molar-refractivity contribution is -0.156. The monoisotopic (exact) mass is 293 g/mol. The summed E-state index contributed by atoms with van der Waals surface area (Å²) in [5.41, 5.74) is 6.35. The van der Waals surface area contributed by atoms with Crippen LogP contribution in [0.3, 0.4) is 0 Å². The highest BCUT2D eigenvalue weighted by Crippen LogP contribution is 2.56. The molecule has 4 nitrogen and oxygen atoms in total. The van der Waals surface area contributed by atoms with Crippen LogP contribution in [0, 0.1) is 5.41 Å². The van der Waals surface area contributed by atoms with Crippen molar-refractivity contribution in [3.8, 4) is 0 Å². The van der Waals surface area contributed by atoms with Gasteiger partial charge in [0.2, 0.25) is 0 Å². The SMILES string of the molecule is COC1CC(NC(N)=NCCc2cccs2)C12CCC2. The zero-order valence-corrected chi connectivity index (χ0v) is 12.8. The number of nitrogens with zero attached hydrogens (tertiary/aromatic N) is 1. The van der Waals surface area contributed by atoms with Gasteiger partial charge in [0.1, 0.15) is 0 Å². The largest absolute Gasteiger partial charge is 0.381 e. The zero-order chi connectivity index (χ0) is 14.0. The second kappa shape index (κ2) is 5.74. The Morgan fingerprint density at radius 2 is 2.45 bits per heavy atom. The third kappa shape index (κ3) is 2.44. The van der Waals surface area contributed by atoms with E-state index in [1.54, 1.807) is 11.3 Å². The predicted molar refractivity (Wildman–Crippen MR) is 83.1 cm³/mol. The fourth-order valence-electron chi connectivity index (χ4n) is 3.50. The van der Waals surface area contributed by atoms with Crippen molar-refractivity contribution < 1.29 is 4.74 Å². The van der Waals surface area contributed by atoms with Crippen LogP contribution in [0.5, 0.6) is 0 Å². The molecule has 2 unspecified atom stereocenters. The molecule has 2 fully saturated rings. The van der Waals surface area contributed by atoms with Gasteiger partial charge in [0.15, 0.2) is 5.96 Å². The maximum absolute atomic E-state index is 6.01. The van der Waals surface area contributed by atoms with E-state index < -0.39 is 0 Å². The van der Waals surface area contributed by atoms with Crippen molar-refractivity contribution in [1.82, 2.24) is 5.32 Å². The first kappa shape index (κ1) is 13.9. The molecule has 1 heterocycles. The first-order valence-corrected chi connectivity index (χ1v) is 8.24. The summed E-state index contributed by atoms with van der Waals surface area (Å²) in [6.07, 6.45) is 6.26. The van der Waals surface area contributed by atoms with Crippen LogP contribution in [0.15, 0.2) is 22.5 Å². The molecule has 0 aromatic carbocycles. The molecule has 1 spiro atoms. The molecule has 0 saturated heterocycles. The first-order valence-electron chi connectivity index (χ1n) is 7.36. The lowest BCUT2D eigenvalue weighted by atomic mass is 9.51. The summed E-state index contributed by atoms with van der Waals surface area (Å²) in [4.78, 5) is 5.81. The third-order valence-electron chi connectivity index (χ3n) is 4.90. The highest BCUT2D eigenvalue weighted by Gasteiger charge is 2.58. The van der Waals surface area contributed by atoms with Gasteiger partial charge >= 0.3 is 0 Å². The zero-order valence-electron chi connectivity index (χ0n) is 12.0. The molecule has 2 saturated carbocycles. The van der Waals surface area contributed by atoms with Crippen molar-refractivity contribution in [3.63, 3.8) is 0 Å². The van der Waals surface area contributed by atoms with Crippen LogP contribution in [0.4, 0.5) is 0 Å². The van der Waals surface area contributed by atoms with Gasteiger partial charge in [-0.2, -0.15) is 0 Å². The molecule has 3 N–H and O–H groups in total. The Morgan fingerprint density at radius 3 is 3.05 bits per heavy atom. The molecule has 3 rings (SSSR count). The van der Waals surface area contributed by atoms with Gasteiger partial charge < -0.3 is 15.8 Å². The summed E-state index contributed by atoms with van der Waals surface area (Å²) in [5, 5.41) is 5.50. The number of ether oxygens (including phenoxy) is 1. The van der Waals surface area contributed by atoms with Crippen molar-refractivity contribution in [1.29, 1.82) is 0 Å². The van der Waals surface area contributed by atoms with Gasteiger partial charge in [-0.15, -0.1) is 11.3 Å². The Morgan fingerprint density at radius 1 is 1.60 bits per heavy atom. The van der Waals surface area contributed by atoms with E-state index in [9.17, 15) is 0 Å². The second-order valence-corrected chi connectivity index (χ2v) is 6.87. The fraction of sp³-hybridized carbons (Fsp3) is 0.667. The van der Waals surface area contributed by atoms with Crippen LogP contribution in [-0.4, -0.2) is 31.8 Å². The summed E-state index contributed by atoms with van der Waals surface area (Å²) < 4.78 is 5.57. The van der Waals surface area contributed by atoms with Crippen LogP contribution < -0.4 is 11.1 Å². The highest BCUT2D eigenvalue weighted by molar-refractivity contribution is 7.09. The van der Waals surface area contributed by atoms with Crippen LogP contribution in [0.2, 0.25) is 0 Å². The number of guanidine groups is 1. The standard InChI is InChI=1S/C15H23N3OS/c1-19-13-10-12(15(13)6-3-7-15)18-14(16)17-8-5-11-4-2-9-20-11/h2,4,9,12-13H,3,5-8,10H2,1H3,(H3,16,17,18). The maximum atomic E-state index is 6.01. The number of hydrogen-bond donors (Lipinski definition) is 2. The molecule has 1 aromatic rings.